The number of carbonyl (C=O) groups excluding carboxylic acids is 2. The van der Waals surface area contributed by atoms with Crippen LogP contribution in [-0.2, 0) is 14.4 Å². The third kappa shape index (κ3) is 7.09. The highest BCUT2D eigenvalue weighted by Crippen LogP contribution is 2.32. The lowest BCUT2D eigenvalue weighted by Crippen LogP contribution is -2.47. The van der Waals surface area contributed by atoms with Crippen molar-refractivity contribution < 1.29 is 36.7 Å². The van der Waals surface area contributed by atoms with E-state index in [1.807, 2.05) is 5.06 Å². The second kappa shape index (κ2) is 12.4. The second-order valence-corrected chi connectivity index (χ2v) is 9.57. The number of hydrogen-bond donors (Lipinski definition) is 0. The summed E-state index contributed by atoms with van der Waals surface area (Å²) in [6.45, 7) is 6.93. The lowest BCUT2D eigenvalue weighted by molar-refractivity contribution is -0.150. The van der Waals surface area contributed by atoms with E-state index in [-0.39, 0.29) is 30.9 Å². The van der Waals surface area contributed by atoms with Crippen LogP contribution in [0.3, 0.4) is 0 Å². The van der Waals surface area contributed by atoms with Gasteiger partial charge in [0, 0.05) is 77.5 Å². The summed E-state index contributed by atoms with van der Waals surface area (Å²) in [4.78, 5) is 36.5. The topological polar surface area (TPSA) is 68.8 Å². The molecule has 0 aliphatic carbocycles. The largest absolute Gasteiger partial charge is 0.444 e. The molecule has 206 valence electrons. The van der Waals surface area contributed by atoms with Crippen molar-refractivity contribution in [1.82, 2.24) is 14.9 Å². The summed E-state index contributed by atoms with van der Waals surface area (Å²) >= 11 is 0. The van der Waals surface area contributed by atoms with Crippen LogP contribution in [0.5, 0.6) is 0 Å². The number of cyclic esters (lactones) is 1. The molecule has 0 saturated carbocycles. The first-order valence-corrected chi connectivity index (χ1v) is 12.5. The maximum Gasteiger partial charge on any atom is 0.414 e. The Balaban J connectivity index is 1.33. The SMILES string of the molecule is CN1CCN(CCN2CCN(c3c(F)cc(N4C[C@H](CCC(=O)C(F)F)OC4=O)cc3F)CCO2)CC1. The fraction of sp³-hybridized carbons (Fsp3) is 0.667. The number of nitrogens with zero attached hydrogens (tertiary/aromatic N) is 5. The Morgan fingerprint density at radius 2 is 1.73 bits per heavy atom. The first-order chi connectivity index (χ1) is 17.7. The monoisotopic (exact) mass is 531 g/mol. The molecule has 0 N–H and O–H groups in total. The van der Waals surface area contributed by atoms with Crippen LogP contribution >= 0.6 is 0 Å². The van der Waals surface area contributed by atoms with Crippen LogP contribution in [0.25, 0.3) is 0 Å². The van der Waals surface area contributed by atoms with Crippen molar-refractivity contribution in [3.8, 4) is 0 Å². The molecule has 3 aliphatic heterocycles. The summed E-state index contributed by atoms with van der Waals surface area (Å²) in [5.74, 6) is -2.90. The van der Waals surface area contributed by atoms with Crippen LogP contribution in [0.4, 0.5) is 33.7 Å². The molecule has 4 rings (SSSR count). The number of amides is 1. The van der Waals surface area contributed by atoms with Gasteiger partial charge in [0.1, 0.15) is 11.8 Å². The fourth-order valence-corrected chi connectivity index (χ4v) is 4.72. The minimum absolute atomic E-state index is 0.0358. The molecule has 3 aliphatic rings. The van der Waals surface area contributed by atoms with E-state index in [1.54, 1.807) is 4.90 Å². The molecule has 3 heterocycles. The number of ketones is 1. The third-order valence-electron chi connectivity index (χ3n) is 6.98. The van der Waals surface area contributed by atoms with Gasteiger partial charge in [0.05, 0.1) is 18.8 Å². The Bertz CT molecular complexity index is 940. The minimum Gasteiger partial charge on any atom is -0.444 e. The van der Waals surface area contributed by atoms with Crippen molar-refractivity contribution in [2.75, 3.05) is 88.9 Å². The maximum absolute atomic E-state index is 15.1. The van der Waals surface area contributed by atoms with E-state index in [0.29, 0.717) is 26.2 Å². The number of anilines is 2. The van der Waals surface area contributed by atoms with Crippen LogP contribution in [0.1, 0.15) is 12.8 Å². The molecule has 3 saturated heterocycles. The number of halogens is 4. The average Bonchev–Trinajstić information content (AvgIpc) is 3.08. The molecular formula is C24H33F4N5O4. The Kier molecular flexibility index (Phi) is 9.22. The highest BCUT2D eigenvalue weighted by Gasteiger charge is 2.34. The summed E-state index contributed by atoms with van der Waals surface area (Å²) < 4.78 is 60.1. The van der Waals surface area contributed by atoms with E-state index < -0.39 is 42.5 Å². The van der Waals surface area contributed by atoms with Gasteiger partial charge < -0.3 is 14.5 Å². The van der Waals surface area contributed by atoms with Crippen LogP contribution in [0.2, 0.25) is 0 Å². The number of benzene rings is 1. The normalized spacial score (nSPS) is 22.5. The summed E-state index contributed by atoms with van der Waals surface area (Å²) in [6, 6.07) is 2.12. The molecule has 1 aromatic carbocycles. The van der Waals surface area contributed by atoms with Crippen LogP contribution < -0.4 is 9.80 Å². The molecule has 9 nitrogen and oxygen atoms in total. The van der Waals surface area contributed by atoms with Crippen molar-refractivity contribution in [2.24, 2.45) is 0 Å². The summed E-state index contributed by atoms with van der Waals surface area (Å²) in [6.07, 6.45) is -5.29. The zero-order valence-corrected chi connectivity index (χ0v) is 20.9. The predicted molar refractivity (Wildman–Crippen MR) is 128 cm³/mol. The third-order valence-corrected chi connectivity index (χ3v) is 6.98. The van der Waals surface area contributed by atoms with Gasteiger partial charge in [-0.25, -0.2) is 22.4 Å². The first-order valence-electron chi connectivity index (χ1n) is 12.5. The van der Waals surface area contributed by atoms with Crippen LogP contribution in [0, 0.1) is 11.6 Å². The van der Waals surface area contributed by atoms with Crippen molar-refractivity contribution in [1.29, 1.82) is 0 Å². The number of ether oxygens (including phenoxy) is 1. The Labute approximate surface area is 213 Å². The average molecular weight is 532 g/mol. The number of hydroxylamine groups is 2. The van der Waals surface area contributed by atoms with Gasteiger partial charge in [-0.15, -0.1) is 0 Å². The number of carbonyl (C=O) groups is 2. The minimum atomic E-state index is -3.09. The zero-order chi connectivity index (χ0) is 26.5. The molecule has 0 bridgehead atoms. The van der Waals surface area contributed by atoms with Gasteiger partial charge in [-0.1, -0.05) is 0 Å². The zero-order valence-electron chi connectivity index (χ0n) is 20.9. The number of Topliss-reactive ketones (excluding diaryl/α,β-unsaturated/α-hetero) is 1. The molecule has 0 unspecified atom stereocenters. The highest BCUT2D eigenvalue weighted by molar-refractivity contribution is 5.90. The first kappa shape index (κ1) is 27.6. The van der Waals surface area contributed by atoms with Crippen molar-refractivity contribution in [3.63, 3.8) is 0 Å². The summed E-state index contributed by atoms with van der Waals surface area (Å²) in [7, 11) is 2.10. The maximum atomic E-state index is 15.1. The molecular weight excluding hydrogens is 498 g/mol. The Morgan fingerprint density at radius 3 is 2.41 bits per heavy atom. The van der Waals surface area contributed by atoms with Crippen molar-refractivity contribution >= 4 is 23.3 Å². The van der Waals surface area contributed by atoms with Crippen molar-refractivity contribution in [3.05, 3.63) is 23.8 Å². The van der Waals surface area contributed by atoms with Gasteiger partial charge in [-0.3, -0.25) is 19.4 Å². The fourth-order valence-electron chi connectivity index (χ4n) is 4.72. The molecule has 1 aromatic rings. The molecule has 1 atom stereocenters. The Hall–Kier alpha value is -2.48. The summed E-state index contributed by atoms with van der Waals surface area (Å²) in [5, 5.41) is 1.83. The van der Waals surface area contributed by atoms with Gasteiger partial charge >= 0.3 is 6.09 Å². The molecule has 1 amide bonds. The summed E-state index contributed by atoms with van der Waals surface area (Å²) in [5.41, 5.74) is -0.230. The molecule has 0 spiro atoms. The van der Waals surface area contributed by atoms with Crippen LogP contribution in [0.15, 0.2) is 12.1 Å². The standard InChI is InChI=1S/C24H33F4N5O4/c1-29-4-6-30(7-5-29)8-10-32-11-9-31(12-13-36-32)22-19(25)14-17(15-20(22)26)33-16-18(37-24(33)35)2-3-21(34)23(27)28/h14-15,18,23H,2-13,16H2,1H3/t18-/m0/s1. The Morgan fingerprint density at radius 1 is 1.03 bits per heavy atom. The van der Waals surface area contributed by atoms with Gasteiger partial charge in [0.15, 0.2) is 17.4 Å². The van der Waals surface area contributed by atoms with Crippen molar-refractivity contribution in [2.45, 2.75) is 25.4 Å². The molecule has 0 radical (unpaired) electrons. The lowest BCUT2D eigenvalue weighted by atomic mass is 10.1. The van der Waals surface area contributed by atoms with E-state index in [0.717, 1.165) is 49.8 Å². The number of likely N-dealkylation sites (N-methyl/N-ethyl adjacent to an activating group) is 1. The molecule has 0 aromatic heterocycles. The lowest BCUT2D eigenvalue weighted by Gasteiger charge is -2.33. The van der Waals surface area contributed by atoms with E-state index in [9.17, 15) is 18.4 Å². The van der Waals surface area contributed by atoms with E-state index >= 15 is 8.78 Å². The van der Waals surface area contributed by atoms with Gasteiger partial charge in [0.2, 0.25) is 0 Å². The van der Waals surface area contributed by atoms with Gasteiger partial charge in [0.25, 0.3) is 6.43 Å². The number of alkyl halides is 2. The van der Waals surface area contributed by atoms with E-state index in [1.165, 1.54) is 0 Å². The van der Waals surface area contributed by atoms with Crippen LogP contribution in [-0.4, -0.2) is 118 Å². The molecule has 13 heteroatoms. The second-order valence-electron chi connectivity index (χ2n) is 9.57. The quantitative estimate of drug-likeness (QED) is 0.450. The predicted octanol–water partition coefficient (Wildman–Crippen LogP) is 2.21. The van der Waals surface area contributed by atoms with E-state index in [2.05, 4.69) is 16.8 Å². The highest BCUT2D eigenvalue weighted by atomic mass is 19.3. The number of rotatable bonds is 9. The van der Waals surface area contributed by atoms with E-state index in [4.69, 9.17) is 9.57 Å². The molecule has 37 heavy (non-hydrogen) atoms. The van der Waals surface area contributed by atoms with Gasteiger partial charge in [-0.2, -0.15) is 5.06 Å². The number of hydrogen-bond acceptors (Lipinski definition) is 8. The number of piperazine rings is 1. The molecule has 3 fully saturated rings. The van der Waals surface area contributed by atoms with Gasteiger partial charge in [-0.05, 0) is 13.5 Å². The smallest absolute Gasteiger partial charge is 0.414 e.